The molecule has 0 spiro atoms. The Kier molecular flexibility index (Phi) is 4.55. The molecule has 3 atom stereocenters. The van der Waals surface area contributed by atoms with Gasteiger partial charge in [-0.1, -0.05) is 54.6 Å². The molecule has 0 unspecified atom stereocenters. The lowest BCUT2D eigenvalue weighted by molar-refractivity contribution is -0.0502. The number of hydrogen-bond acceptors (Lipinski definition) is 4. The van der Waals surface area contributed by atoms with Crippen LogP contribution in [0, 0.1) is 0 Å². The standard InChI is InChI=1S/C23H23N3O2/c27-23(21-10-17-8-4-5-9-18(17)12-24-21)25-19-11-20-15-28-22(14-26(20)13-19)16-6-2-1-3-7-16/h1-10,12,19-20,22H,11,13-15H2,(H,25,27)/t19-,20-,22+/m0/s1. The molecule has 142 valence electrons. The van der Waals surface area contributed by atoms with E-state index < -0.39 is 0 Å². The summed E-state index contributed by atoms with van der Waals surface area (Å²) in [5.74, 6) is -0.101. The highest BCUT2D eigenvalue weighted by Gasteiger charge is 2.38. The number of amides is 1. The van der Waals surface area contributed by atoms with Gasteiger partial charge in [0, 0.05) is 36.8 Å². The van der Waals surface area contributed by atoms with Crippen LogP contribution in [0.4, 0.5) is 0 Å². The van der Waals surface area contributed by atoms with Crippen LogP contribution in [-0.4, -0.2) is 47.6 Å². The zero-order valence-electron chi connectivity index (χ0n) is 15.6. The number of nitrogens with zero attached hydrogens (tertiary/aromatic N) is 2. The average molecular weight is 373 g/mol. The first kappa shape index (κ1) is 17.3. The Morgan fingerprint density at radius 2 is 1.82 bits per heavy atom. The first-order valence-corrected chi connectivity index (χ1v) is 9.82. The summed E-state index contributed by atoms with van der Waals surface area (Å²) >= 11 is 0. The Balaban J connectivity index is 1.24. The minimum atomic E-state index is -0.101. The van der Waals surface area contributed by atoms with Gasteiger partial charge in [-0.05, 0) is 23.4 Å². The van der Waals surface area contributed by atoms with Crippen molar-refractivity contribution in [2.75, 3.05) is 19.7 Å². The van der Waals surface area contributed by atoms with Crippen molar-refractivity contribution in [2.24, 2.45) is 0 Å². The highest BCUT2D eigenvalue weighted by Crippen LogP contribution is 2.30. The van der Waals surface area contributed by atoms with Gasteiger partial charge in [-0.25, -0.2) is 0 Å². The summed E-state index contributed by atoms with van der Waals surface area (Å²) in [6, 6.07) is 20.7. The lowest BCUT2D eigenvalue weighted by Gasteiger charge is -2.35. The van der Waals surface area contributed by atoms with Gasteiger partial charge in [0.2, 0.25) is 0 Å². The molecule has 2 aliphatic rings. The Hall–Kier alpha value is -2.76. The summed E-state index contributed by atoms with van der Waals surface area (Å²) in [5.41, 5.74) is 1.69. The van der Waals surface area contributed by atoms with Gasteiger partial charge < -0.3 is 10.1 Å². The molecule has 5 nitrogen and oxygen atoms in total. The minimum absolute atomic E-state index is 0.101. The van der Waals surface area contributed by atoms with E-state index in [1.165, 1.54) is 5.56 Å². The van der Waals surface area contributed by atoms with Crippen molar-refractivity contribution in [2.45, 2.75) is 24.6 Å². The zero-order valence-corrected chi connectivity index (χ0v) is 15.6. The van der Waals surface area contributed by atoms with Crippen LogP contribution in [-0.2, 0) is 4.74 Å². The lowest BCUT2D eigenvalue weighted by Crippen LogP contribution is -2.43. The third-order valence-electron chi connectivity index (χ3n) is 5.79. The summed E-state index contributed by atoms with van der Waals surface area (Å²) in [6.07, 6.45) is 2.79. The van der Waals surface area contributed by atoms with E-state index in [9.17, 15) is 4.79 Å². The van der Waals surface area contributed by atoms with Gasteiger partial charge in [0.25, 0.3) is 5.91 Å². The predicted octanol–water partition coefficient (Wildman–Crippen LogP) is 3.18. The first-order chi connectivity index (χ1) is 13.8. The number of hydrogen-bond donors (Lipinski definition) is 1. The molecule has 28 heavy (non-hydrogen) atoms. The smallest absolute Gasteiger partial charge is 0.270 e. The van der Waals surface area contributed by atoms with E-state index in [0.717, 1.165) is 30.3 Å². The predicted molar refractivity (Wildman–Crippen MR) is 108 cm³/mol. The third kappa shape index (κ3) is 3.39. The molecule has 1 amide bonds. The van der Waals surface area contributed by atoms with Crippen LogP contribution in [0.2, 0.25) is 0 Å². The molecule has 1 N–H and O–H groups in total. The van der Waals surface area contributed by atoms with E-state index >= 15 is 0 Å². The molecule has 0 radical (unpaired) electrons. The van der Waals surface area contributed by atoms with E-state index in [4.69, 9.17) is 4.74 Å². The number of ether oxygens (including phenoxy) is 1. The normalized spacial score (nSPS) is 24.8. The molecular weight excluding hydrogens is 350 g/mol. The Labute approximate surface area is 164 Å². The maximum absolute atomic E-state index is 12.7. The van der Waals surface area contributed by atoms with Gasteiger partial charge in [0.15, 0.2) is 0 Å². The van der Waals surface area contributed by atoms with Crippen molar-refractivity contribution in [1.29, 1.82) is 0 Å². The van der Waals surface area contributed by atoms with Crippen molar-refractivity contribution in [1.82, 2.24) is 15.2 Å². The van der Waals surface area contributed by atoms with Crippen LogP contribution < -0.4 is 5.32 Å². The fourth-order valence-corrected chi connectivity index (χ4v) is 4.32. The van der Waals surface area contributed by atoms with Gasteiger partial charge in [0.05, 0.1) is 12.7 Å². The summed E-state index contributed by atoms with van der Waals surface area (Å²) in [5, 5.41) is 5.25. The molecule has 3 aromatic rings. The number of benzene rings is 2. The largest absolute Gasteiger partial charge is 0.371 e. The van der Waals surface area contributed by atoms with E-state index in [2.05, 4.69) is 27.3 Å². The second kappa shape index (κ2) is 7.34. The maximum atomic E-state index is 12.7. The fraction of sp³-hybridized carbons (Fsp3) is 0.304. The van der Waals surface area contributed by atoms with Gasteiger partial charge in [-0.3, -0.25) is 14.7 Å². The number of carbonyl (C=O) groups excluding carboxylic acids is 1. The Morgan fingerprint density at radius 1 is 1.04 bits per heavy atom. The summed E-state index contributed by atoms with van der Waals surface area (Å²) in [7, 11) is 0. The number of aromatic nitrogens is 1. The monoisotopic (exact) mass is 373 g/mol. The second-order valence-corrected chi connectivity index (χ2v) is 7.66. The van der Waals surface area contributed by atoms with Crippen LogP contribution >= 0.6 is 0 Å². The Morgan fingerprint density at radius 3 is 2.68 bits per heavy atom. The van der Waals surface area contributed by atoms with Crippen molar-refractivity contribution in [3.63, 3.8) is 0 Å². The molecule has 1 aromatic heterocycles. The highest BCUT2D eigenvalue weighted by atomic mass is 16.5. The van der Waals surface area contributed by atoms with Crippen LogP contribution in [0.3, 0.4) is 0 Å². The van der Waals surface area contributed by atoms with Crippen LogP contribution in [0.1, 0.15) is 28.6 Å². The molecule has 2 saturated heterocycles. The second-order valence-electron chi connectivity index (χ2n) is 7.66. The summed E-state index contributed by atoms with van der Waals surface area (Å²) < 4.78 is 6.10. The SMILES string of the molecule is O=C(N[C@H]1C[C@H]2CO[C@@H](c3ccccc3)CN2C1)c1cc2ccccc2cn1. The molecule has 5 rings (SSSR count). The molecule has 2 aliphatic heterocycles. The molecule has 2 aromatic carbocycles. The topological polar surface area (TPSA) is 54.5 Å². The molecule has 0 aliphatic carbocycles. The van der Waals surface area contributed by atoms with Gasteiger partial charge in [-0.2, -0.15) is 0 Å². The first-order valence-electron chi connectivity index (χ1n) is 9.82. The van der Waals surface area contributed by atoms with Crippen molar-refractivity contribution < 1.29 is 9.53 Å². The lowest BCUT2D eigenvalue weighted by atomic mass is 10.1. The maximum Gasteiger partial charge on any atom is 0.270 e. The number of morpholine rings is 1. The number of fused-ring (bicyclic) bond motifs is 2. The zero-order chi connectivity index (χ0) is 18.9. The number of rotatable bonds is 3. The Bertz CT molecular complexity index is 991. The molecule has 3 heterocycles. The van der Waals surface area contributed by atoms with Gasteiger partial charge in [0.1, 0.15) is 5.69 Å². The number of nitrogens with one attached hydrogen (secondary N) is 1. The van der Waals surface area contributed by atoms with Crippen molar-refractivity contribution in [3.05, 3.63) is 78.1 Å². The van der Waals surface area contributed by atoms with E-state index in [1.807, 2.05) is 48.5 Å². The van der Waals surface area contributed by atoms with E-state index in [0.29, 0.717) is 18.3 Å². The van der Waals surface area contributed by atoms with Crippen molar-refractivity contribution in [3.8, 4) is 0 Å². The third-order valence-corrected chi connectivity index (χ3v) is 5.79. The molecule has 0 bridgehead atoms. The molecular formula is C23H23N3O2. The average Bonchev–Trinajstić information content (AvgIpc) is 3.15. The quantitative estimate of drug-likeness (QED) is 0.766. The van der Waals surface area contributed by atoms with Crippen LogP contribution in [0.25, 0.3) is 10.8 Å². The number of pyridine rings is 1. The number of carbonyl (C=O) groups is 1. The van der Waals surface area contributed by atoms with E-state index in [1.54, 1.807) is 6.20 Å². The van der Waals surface area contributed by atoms with Crippen LogP contribution in [0.5, 0.6) is 0 Å². The highest BCUT2D eigenvalue weighted by molar-refractivity contribution is 5.96. The summed E-state index contributed by atoms with van der Waals surface area (Å²) in [4.78, 5) is 19.5. The van der Waals surface area contributed by atoms with E-state index in [-0.39, 0.29) is 18.1 Å². The fourth-order valence-electron chi connectivity index (χ4n) is 4.32. The molecule has 5 heteroatoms. The minimum Gasteiger partial charge on any atom is -0.371 e. The summed E-state index contributed by atoms with van der Waals surface area (Å²) in [6.45, 7) is 2.44. The van der Waals surface area contributed by atoms with Gasteiger partial charge >= 0.3 is 0 Å². The van der Waals surface area contributed by atoms with Gasteiger partial charge in [-0.15, -0.1) is 0 Å². The molecule has 0 saturated carbocycles. The van der Waals surface area contributed by atoms with Crippen LogP contribution in [0.15, 0.2) is 66.9 Å². The molecule has 2 fully saturated rings. The van der Waals surface area contributed by atoms with Crippen molar-refractivity contribution >= 4 is 16.7 Å².